The van der Waals surface area contributed by atoms with Crippen molar-refractivity contribution in [1.82, 2.24) is 10.6 Å². The zero-order chi connectivity index (χ0) is 9.97. The summed E-state index contributed by atoms with van der Waals surface area (Å²) in [4.78, 5) is 0. The summed E-state index contributed by atoms with van der Waals surface area (Å²) in [5.41, 5.74) is 0. The van der Waals surface area contributed by atoms with Gasteiger partial charge >= 0.3 is 0 Å². The Morgan fingerprint density at radius 1 is 0.929 bits per heavy atom. The zero-order valence-corrected chi connectivity index (χ0v) is 8.95. The third kappa shape index (κ3) is 2.08. The summed E-state index contributed by atoms with van der Waals surface area (Å²) in [5, 5.41) is 6.88. The van der Waals surface area contributed by atoms with E-state index in [-0.39, 0.29) is 12.5 Å². The summed E-state index contributed by atoms with van der Waals surface area (Å²) in [6.07, 6.45) is 2.25. The van der Waals surface area contributed by atoms with Gasteiger partial charge in [0, 0.05) is 12.1 Å². The van der Waals surface area contributed by atoms with E-state index >= 15 is 0 Å². The summed E-state index contributed by atoms with van der Waals surface area (Å²) >= 11 is 0. The van der Waals surface area contributed by atoms with Gasteiger partial charge < -0.3 is 9.47 Å². The van der Waals surface area contributed by atoms with Gasteiger partial charge in [-0.25, -0.2) is 0 Å². The van der Waals surface area contributed by atoms with Crippen LogP contribution in [0.15, 0.2) is 0 Å². The first kappa shape index (κ1) is 10.4. The van der Waals surface area contributed by atoms with Crippen LogP contribution in [-0.4, -0.2) is 37.8 Å². The van der Waals surface area contributed by atoms with Crippen LogP contribution in [0.2, 0.25) is 0 Å². The van der Waals surface area contributed by atoms with Gasteiger partial charge in [0.05, 0.1) is 13.2 Å². The van der Waals surface area contributed by atoms with Crippen LogP contribution in [0.25, 0.3) is 0 Å². The highest BCUT2D eigenvalue weighted by atomic mass is 16.6. The Morgan fingerprint density at radius 2 is 1.36 bits per heavy atom. The van der Waals surface area contributed by atoms with E-state index in [0.717, 1.165) is 26.1 Å². The van der Waals surface area contributed by atoms with Gasteiger partial charge in [-0.1, -0.05) is 13.8 Å². The molecule has 0 aromatic heterocycles. The fourth-order valence-electron chi connectivity index (χ4n) is 1.92. The number of fused-ring (bicyclic) bond motifs is 1. The van der Waals surface area contributed by atoms with E-state index in [0.29, 0.717) is 12.1 Å². The first-order valence-corrected chi connectivity index (χ1v) is 5.58. The summed E-state index contributed by atoms with van der Waals surface area (Å²) in [6.45, 7) is 5.88. The lowest BCUT2D eigenvalue weighted by Gasteiger charge is -2.43. The maximum absolute atomic E-state index is 5.72. The number of rotatable bonds is 2. The average Bonchev–Trinajstić information content (AvgIpc) is 2.27. The molecule has 0 spiro atoms. The number of hydrogen-bond donors (Lipinski definition) is 2. The van der Waals surface area contributed by atoms with E-state index in [4.69, 9.17) is 9.47 Å². The van der Waals surface area contributed by atoms with E-state index in [1.165, 1.54) is 0 Å². The van der Waals surface area contributed by atoms with Crippen molar-refractivity contribution < 1.29 is 9.47 Å². The summed E-state index contributed by atoms with van der Waals surface area (Å²) in [7, 11) is 0. The minimum absolute atomic E-state index is 0.0384. The van der Waals surface area contributed by atoms with Crippen LogP contribution < -0.4 is 10.6 Å². The fraction of sp³-hybridized carbons (Fsp3) is 1.00. The topological polar surface area (TPSA) is 42.5 Å². The van der Waals surface area contributed by atoms with Crippen LogP contribution in [0.4, 0.5) is 0 Å². The SMILES string of the molecule is CCC1COC2NC(CC)COC2N1. The largest absolute Gasteiger partial charge is 0.357 e. The molecule has 4 nitrogen and oxygen atoms in total. The molecule has 2 aliphatic rings. The smallest absolute Gasteiger partial charge is 0.148 e. The van der Waals surface area contributed by atoms with Crippen LogP contribution in [0, 0.1) is 0 Å². The van der Waals surface area contributed by atoms with E-state index < -0.39 is 0 Å². The van der Waals surface area contributed by atoms with Crippen molar-refractivity contribution in [3.8, 4) is 0 Å². The van der Waals surface area contributed by atoms with Crippen molar-refractivity contribution in [3.63, 3.8) is 0 Å². The van der Waals surface area contributed by atoms with Gasteiger partial charge in [-0.3, -0.25) is 10.6 Å². The maximum Gasteiger partial charge on any atom is 0.148 e. The predicted molar refractivity (Wildman–Crippen MR) is 53.9 cm³/mol. The molecule has 4 atom stereocenters. The quantitative estimate of drug-likeness (QED) is 0.678. The molecular weight excluding hydrogens is 180 g/mol. The lowest BCUT2D eigenvalue weighted by Crippen LogP contribution is -2.65. The molecule has 2 fully saturated rings. The molecule has 2 rings (SSSR count). The number of morpholine rings is 2. The molecule has 0 aliphatic carbocycles. The second kappa shape index (κ2) is 4.57. The molecule has 14 heavy (non-hydrogen) atoms. The molecule has 82 valence electrons. The molecule has 0 bridgehead atoms. The number of hydrogen-bond acceptors (Lipinski definition) is 4. The van der Waals surface area contributed by atoms with E-state index in [1.54, 1.807) is 0 Å². The molecular formula is C10H20N2O2. The molecule has 0 aromatic carbocycles. The second-order valence-electron chi connectivity index (χ2n) is 4.05. The van der Waals surface area contributed by atoms with E-state index in [2.05, 4.69) is 24.5 Å². The highest BCUT2D eigenvalue weighted by Gasteiger charge is 2.35. The van der Waals surface area contributed by atoms with Gasteiger partial charge in [-0.15, -0.1) is 0 Å². The van der Waals surface area contributed by atoms with Crippen LogP contribution in [0.5, 0.6) is 0 Å². The van der Waals surface area contributed by atoms with Crippen molar-refractivity contribution in [2.75, 3.05) is 13.2 Å². The van der Waals surface area contributed by atoms with Gasteiger partial charge in [0.25, 0.3) is 0 Å². The molecule has 4 unspecified atom stereocenters. The molecule has 0 radical (unpaired) electrons. The molecule has 2 aliphatic heterocycles. The van der Waals surface area contributed by atoms with Gasteiger partial charge in [0.2, 0.25) is 0 Å². The summed E-state index contributed by atoms with van der Waals surface area (Å²) < 4.78 is 11.4. The highest BCUT2D eigenvalue weighted by molar-refractivity contribution is 4.84. The van der Waals surface area contributed by atoms with Gasteiger partial charge in [0.1, 0.15) is 12.5 Å². The fourth-order valence-corrected chi connectivity index (χ4v) is 1.92. The molecule has 2 heterocycles. The molecule has 0 amide bonds. The molecule has 2 N–H and O–H groups in total. The van der Waals surface area contributed by atoms with Crippen molar-refractivity contribution >= 4 is 0 Å². The molecule has 4 heteroatoms. The average molecular weight is 200 g/mol. The lowest BCUT2D eigenvalue weighted by molar-refractivity contribution is -0.177. The summed E-state index contributed by atoms with van der Waals surface area (Å²) in [6, 6.07) is 0.882. The Hall–Kier alpha value is -0.160. The van der Waals surface area contributed by atoms with Crippen LogP contribution in [-0.2, 0) is 9.47 Å². The lowest BCUT2D eigenvalue weighted by atomic mass is 10.1. The first-order valence-electron chi connectivity index (χ1n) is 5.58. The Labute approximate surface area is 85.3 Å². The Bertz CT molecular complexity index is 169. The molecule has 0 saturated carbocycles. The van der Waals surface area contributed by atoms with Crippen LogP contribution in [0.3, 0.4) is 0 Å². The predicted octanol–water partition coefficient (Wildman–Crippen LogP) is 0.435. The van der Waals surface area contributed by atoms with Crippen LogP contribution >= 0.6 is 0 Å². The molecule has 2 saturated heterocycles. The standard InChI is InChI=1S/C10H20N2O2/c1-3-7-5-13-10-9(11-7)14-6-8(4-2)12-10/h7-12H,3-6H2,1-2H3. The van der Waals surface area contributed by atoms with Gasteiger partial charge in [-0.05, 0) is 12.8 Å². The first-order chi connectivity index (χ1) is 6.83. The molecule has 0 aromatic rings. The Kier molecular flexibility index (Phi) is 3.38. The highest BCUT2D eigenvalue weighted by Crippen LogP contribution is 2.15. The van der Waals surface area contributed by atoms with Crippen molar-refractivity contribution in [2.24, 2.45) is 0 Å². The van der Waals surface area contributed by atoms with Gasteiger partial charge in [-0.2, -0.15) is 0 Å². The van der Waals surface area contributed by atoms with Crippen LogP contribution in [0.1, 0.15) is 26.7 Å². The van der Waals surface area contributed by atoms with Gasteiger partial charge in [0.15, 0.2) is 0 Å². The monoisotopic (exact) mass is 200 g/mol. The van der Waals surface area contributed by atoms with Crippen molar-refractivity contribution in [1.29, 1.82) is 0 Å². The third-order valence-electron chi connectivity index (χ3n) is 3.01. The second-order valence-corrected chi connectivity index (χ2v) is 4.05. The Balaban J connectivity index is 1.88. The Morgan fingerprint density at radius 3 is 1.71 bits per heavy atom. The summed E-state index contributed by atoms with van der Waals surface area (Å²) in [5.74, 6) is 0. The normalized spacial score (nSPS) is 43.3. The third-order valence-corrected chi connectivity index (χ3v) is 3.01. The van der Waals surface area contributed by atoms with E-state index in [9.17, 15) is 0 Å². The minimum atomic E-state index is 0.0384. The minimum Gasteiger partial charge on any atom is -0.357 e. The zero-order valence-electron chi connectivity index (χ0n) is 8.95. The number of ether oxygens (including phenoxy) is 2. The van der Waals surface area contributed by atoms with Crippen molar-refractivity contribution in [3.05, 3.63) is 0 Å². The van der Waals surface area contributed by atoms with E-state index in [1.807, 2.05) is 0 Å². The number of nitrogens with one attached hydrogen (secondary N) is 2. The van der Waals surface area contributed by atoms with Crippen molar-refractivity contribution in [2.45, 2.75) is 51.2 Å². The maximum atomic E-state index is 5.72.